The summed E-state index contributed by atoms with van der Waals surface area (Å²) in [7, 11) is 0.647. The van der Waals surface area contributed by atoms with E-state index in [-0.39, 0.29) is 18.3 Å². The highest BCUT2D eigenvalue weighted by molar-refractivity contribution is 8.13. The quantitative estimate of drug-likeness (QED) is 0.0518. The molecule has 16 heteroatoms. The van der Waals surface area contributed by atoms with Crippen molar-refractivity contribution in [2.45, 2.75) is 63.7 Å². The fourth-order valence-corrected chi connectivity index (χ4v) is 8.11. The lowest BCUT2D eigenvalue weighted by atomic mass is 9.77. The van der Waals surface area contributed by atoms with Crippen LogP contribution in [0.3, 0.4) is 0 Å². The van der Waals surface area contributed by atoms with Crippen molar-refractivity contribution in [3.05, 3.63) is 108 Å². The Balaban J connectivity index is 1.27. The number of fused-ring (bicyclic) bond motifs is 1. The first kappa shape index (κ1) is 41.2. The van der Waals surface area contributed by atoms with E-state index < -0.39 is 43.2 Å². The van der Waals surface area contributed by atoms with Crippen LogP contribution in [0.4, 0.5) is 5.82 Å². The largest absolute Gasteiger partial charge is 0.697 e. The lowest BCUT2D eigenvalue weighted by Crippen LogP contribution is -2.44. The van der Waals surface area contributed by atoms with Gasteiger partial charge in [-0.05, 0) is 54.3 Å². The summed E-state index contributed by atoms with van der Waals surface area (Å²) in [4.78, 5) is 26.2. The molecule has 1 fully saturated rings. The van der Waals surface area contributed by atoms with Crippen molar-refractivity contribution < 1.29 is 42.8 Å². The Kier molecular flexibility index (Phi) is 12.8. The number of nitrogens with one attached hydrogen (secondary N) is 1. The van der Waals surface area contributed by atoms with Gasteiger partial charge in [-0.3, -0.25) is 9.36 Å². The van der Waals surface area contributed by atoms with Gasteiger partial charge in [-0.15, -0.1) is 9.05 Å². The number of benzene rings is 3. The maximum absolute atomic E-state index is 12.5. The molecule has 0 saturated carbocycles. The van der Waals surface area contributed by atoms with Gasteiger partial charge in [-0.2, -0.15) is 0 Å². The van der Waals surface area contributed by atoms with Crippen molar-refractivity contribution in [2.24, 2.45) is 5.41 Å². The first-order chi connectivity index (χ1) is 26.8. The van der Waals surface area contributed by atoms with E-state index in [2.05, 4.69) is 20.3 Å². The van der Waals surface area contributed by atoms with Gasteiger partial charge in [0.05, 0.1) is 20.5 Å². The third-order valence-corrected chi connectivity index (χ3v) is 12.2. The average Bonchev–Trinajstić information content (AvgIpc) is 3.75. The molecule has 56 heavy (non-hydrogen) atoms. The number of ether oxygens (including phenoxy) is 3. The van der Waals surface area contributed by atoms with Crippen LogP contribution in [0.1, 0.15) is 57.0 Å². The topological polar surface area (TPSA) is 176 Å². The van der Waals surface area contributed by atoms with E-state index in [0.717, 1.165) is 28.5 Å². The molecule has 5 aromatic rings. The minimum Gasteiger partial charge on any atom is -0.497 e. The van der Waals surface area contributed by atoms with Crippen molar-refractivity contribution in [3.8, 4) is 11.5 Å². The molecule has 0 bridgehead atoms. The molecule has 14 nitrogen and oxygen atoms in total. The number of hydrogen-bond donors (Lipinski definition) is 3. The Labute approximate surface area is 330 Å². The molecule has 0 radical (unpaired) electrons. The van der Waals surface area contributed by atoms with E-state index in [0.29, 0.717) is 40.7 Å². The number of carbonyl (C=O) groups excluding carboxylic acids is 1. The SMILES string of the molecule is CCC(C)(C)C(=O)SCCO[P+](=O)OC[C@H]1OC(n2cnc3c(NC(c4ccccc4)(c4ccc(OC)cc4)c4ccc(OC)cc4)ncnc32)[C@@](C)(O)C1O. The zero-order valence-electron chi connectivity index (χ0n) is 32.1. The Hall–Kier alpha value is -4.47. The molecule has 0 spiro atoms. The Morgan fingerprint density at radius 1 is 0.946 bits per heavy atom. The van der Waals surface area contributed by atoms with Crippen molar-refractivity contribution >= 4 is 42.1 Å². The number of aliphatic hydroxyl groups excluding tert-OH is 1. The second-order valence-electron chi connectivity index (χ2n) is 14.2. The van der Waals surface area contributed by atoms with Gasteiger partial charge < -0.3 is 29.7 Å². The summed E-state index contributed by atoms with van der Waals surface area (Å²) in [6.45, 7) is 6.83. The van der Waals surface area contributed by atoms with Crippen LogP contribution in [0.2, 0.25) is 0 Å². The van der Waals surface area contributed by atoms with Crippen molar-refractivity contribution in [1.29, 1.82) is 0 Å². The lowest BCUT2D eigenvalue weighted by molar-refractivity contribution is -0.118. The number of aliphatic hydroxyl groups is 2. The summed E-state index contributed by atoms with van der Waals surface area (Å²) in [5.41, 5.74) is 0.0449. The van der Waals surface area contributed by atoms with Crippen molar-refractivity contribution in [1.82, 2.24) is 19.5 Å². The molecule has 0 amide bonds. The second kappa shape index (κ2) is 17.3. The molecule has 1 aliphatic heterocycles. The van der Waals surface area contributed by atoms with Crippen LogP contribution >= 0.6 is 20.0 Å². The summed E-state index contributed by atoms with van der Waals surface area (Å²) in [5.74, 6) is 2.09. The predicted molar refractivity (Wildman–Crippen MR) is 213 cm³/mol. The molecule has 1 saturated heterocycles. The zero-order chi connectivity index (χ0) is 40.1. The number of anilines is 1. The van der Waals surface area contributed by atoms with Gasteiger partial charge in [0.25, 0.3) is 0 Å². The number of nitrogens with zero attached hydrogens (tertiary/aromatic N) is 4. The van der Waals surface area contributed by atoms with Gasteiger partial charge >= 0.3 is 8.25 Å². The fourth-order valence-electron chi connectivity index (χ4n) is 6.51. The second-order valence-corrected chi connectivity index (χ2v) is 16.2. The minimum atomic E-state index is -2.59. The summed E-state index contributed by atoms with van der Waals surface area (Å²) in [6, 6.07) is 25.5. The van der Waals surface area contributed by atoms with E-state index in [9.17, 15) is 19.6 Å². The third-order valence-electron chi connectivity index (χ3n) is 10.2. The molecule has 1 aliphatic rings. The van der Waals surface area contributed by atoms with E-state index >= 15 is 0 Å². The summed E-state index contributed by atoms with van der Waals surface area (Å²) >= 11 is 1.12. The Morgan fingerprint density at radius 2 is 1.55 bits per heavy atom. The Bertz CT molecular complexity index is 2070. The molecule has 3 unspecified atom stereocenters. The minimum absolute atomic E-state index is 0.0272. The van der Waals surface area contributed by atoms with Crippen LogP contribution in [0.15, 0.2) is 91.5 Å². The van der Waals surface area contributed by atoms with Crippen LogP contribution in [0.5, 0.6) is 11.5 Å². The smallest absolute Gasteiger partial charge is 0.497 e. The molecule has 5 atom stereocenters. The first-order valence-electron chi connectivity index (χ1n) is 18.1. The molecule has 3 heterocycles. The summed E-state index contributed by atoms with van der Waals surface area (Å²) in [5, 5.41) is 26.5. The number of methoxy groups -OCH3 is 2. The molecule has 3 aromatic carbocycles. The molecule has 0 aliphatic carbocycles. The number of carbonyl (C=O) groups is 1. The maximum atomic E-state index is 12.5. The highest BCUT2D eigenvalue weighted by atomic mass is 32.2. The third kappa shape index (κ3) is 8.30. The van der Waals surface area contributed by atoms with Gasteiger partial charge in [0.15, 0.2) is 28.3 Å². The number of imidazole rings is 1. The van der Waals surface area contributed by atoms with Gasteiger partial charge in [0.1, 0.15) is 54.4 Å². The maximum Gasteiger partial charge on any atom is 0.697 e. The molecular weight excluding hydrogens is 758 g/mol. The van der Waals surface area contributed by atoms with Crippen molar-refractivity contribution in [2.75, 3.05) is 38.5 Å². The number of thioether (sulfide) groups is 1. The number of hydrogen-bond acceptors (Lipinski definition) is 14. The van der Waals surface area contributed by atoms with E-state index in [4.69, 9.17) is 23.3 Å². The molecule has 2 aromatic heterocycles. The van der Waals surface area contributed by atoms with Gasteiger partial charge in [-0.25, -0.2) is 15.0 Å². The standard InChI is InChI=1S/C40H47N5O9PS/c1-7-38(2,3)37(47)56-22-21-52-55(49)53-23-31-33(46)39(4,48)36(54-31)45-25-43-32-34(41-24-42-35(32)45)44-40(26-11-9-8-10-12-26,27-13-17-29(50-5)18-14-27)28-15-19-30(51-6)20-16-28/h8-20,24-25,31,33,36,46,48H,7,21-23H2,1-6H3,(H,41,42,44)/q+1/t31-,33?,36?,39+/m1/s1. The van der Waals surface area contributed by atoms with Crippen LogP contribution in [0, 0.1) is 5.41 Å². The molecule has 296 valence electrons. The van der Waals surface area contributed by atoms with E-state index in [1.807, 2.05) is 99.6 Å². The van der Waals surface area contributed by atoms with Gasteiger partial charge in [0, 0.05) is 15.7 Å². The van der Waals surface area contributed by atoms with Crippen LogP contribution in [0.25, 0.3) is 11.2 Å². The monoisotopic (exact) mass is 804 g/mol. The average molecular weight is 805 g/mol. The summed E-state index contributed by atoms with van der Waals surface area (Å²) in [6.07, 6.45) is -0.121. The van der Waals surface area contributed by atoms with E-state index in [1.165, 1.54) is 24.1 Å². The number of aromatic nitrogens is 4. The lowest BCUT2D eigenvalue weighted by Gasteiger charge is -2.37. The molecule has 3 N–H and O–H groups in total. The summed E-state index contributed by atoms with van der Waals surface area (Å²) < 4.78 is 41.9. The van der Waals surface area contributed by atoms with Crippen molar-refractivity contribution in [3.63, 3.8) is 0 Å². The highest BCUT2D eigenvalue weighted by Crippen LogP contribution is 2.44. The van der Waals surface area contributed by atoms with Crippen LogP contribution in [-0.2, 0) is 28.7 Å². The Morgan fingerprint density at radius 3 is 2.14 bits per heavy atom. The predicted octanol–water partition coefficient (Wildman–Crippen LogP) is 6.64. The first-order valence-corrected chi connectivity index (χ1v) is 20.2. The van der Waals surface area contributed by atoms with Gasteiger partial charge in [-0.1, -0.05) is 87.1 Å². The van der Waals surface area contributed by atoms with Crippen LogP contribution < -0.4 is 14.8 Å². The van der Waals surface area contributed by atoms with E-state index in [1.54, 1.807) is 14.2 Å². The highest BCUT2D eigenvalue weighted by Gasteiger charge is 2.54. The van der Waals surface area contributed by atoms with Gasteiger partial charge in [0.2, 0.25) is 0 Å². The normalized spacial score (nSPS) is 20.2. The van der Waals surface area contributed by atoms with Crippen LogP contribution in [-0.4, -0.2) is 85.8 Å². The fraction of sp³-hybridized carbons (Fsp3) is 0.400. The zero-order valence-corrected chi connectivity index (χ0v) is 33.8. The molecular formula is C40H47N5O9PS+. The number of rotatable bonds is 17. The molecule has 6 rings (SSSR count).